The van der Waals surface area contributed by atoms with E-state index in [4.69, 9.17) is 33.0 Å². The van der Waals surface area contributed by atoms with E-state index in [1.807, 2.05) is 0 Å². The fourth-order valence-electron chi connectivity index (χ4n) is 1.53. The van der Waals surface area contributed by atoms with E-state index in [2.05, 4.69) is 5.32 Å². The summed E-state index contributed by atoms with van der Waals surface area (Å²) in [5, 5.41) is 12.2. The molecule has 0 aliphatic carbocycles. The smallest absolute Gasteiger partial charge is 0.254 e. The molecule has 2 N–H and O–H groups in total. The first-order valence-electron chi connectivity index (χ1n) is 5.44. The molecule has 6 heteroatoms. The molecule has 0 bridgehead atoms. The third-order valence-electron chi connectivity index (χ3n) is 2.37. The van der Waals surface area contributed by atoms with Crippen molar-refractivity contribution in [3.8, 4) is 0 Å². The summed E-state index contributed by atoms with van der Waals surface area (Å²) in [7, 11) is 1.53. The van der Waals surface area contributed by atoms with Crippen molar-refractivity contribution in [2.24, 2.45) is 0 Å². The van der Waals surface area contributed by atoms with E-state index in [0.29, 0.717) is 23.1 Å². The predicted molar refractivity (Wildman–Crippen MR) is 71.3 cm³/mol. The van der Waals surface area contributed by atoms with Crippen LogP contribution in [0.15, 0.2) is 18.2 Å². The second-order valence-electron chi connectivity index (χ2n) is 3.73. The zero-order chi connectivity index (χ0) is 13.5. The SMILES string of the molecule is COCC(CCO)NC(=O)c1c(Cl)cccc1Cl. The van der Waals surface area contributed by atoms with Crippen LogP contribution in [0.2, 0.25) is 10.0 Å². The summed E-state index contributed by atoms with van der Waals surface area (Å²) in [6, 6.07) is 4.58. The number of rotatable bonds is 6. The van der Waals surface area contributed by atoms with Gasteiger partial charge in [-0.15, -0.1) is 0 Å². The van der Waals surface area contributed by atoms with Crippen LogP contribution in [0, 0.1) is 0 Å². The highest BCUT2D eigenvalue weighted by Gasteiger charge is 2.18. The van der Waals surface area contributed by atoms with Gasteiger partial charge in [0.2, 0.25) is 0 Å². The molecule has 0 radical (unpaired) electrons. The molecule has 0 fully saturated rings. The first-order valence-corrected chi connectivity index (χ1v) is 6.20. The zero-order valence-electron chi connectivity index (χ0n) is 9.95. The molecule has 1 unspecified atom stereocenters. The van der Waals surface area contributed by atoms with Crippen molar-refractivity contribution in [2.75, 3.05) is 20.3 Å². The average Bonchev–Trinajstić information content (AvgIpc) is 2.29. The van der Waals surface area contributed by atoms with Crippen molar-refractivity contribution in [1.29, 1.82) is 0 Å². The third-order valence-corrected chi connectivity index (χ3v) is 3.00. The summed E-state index contributed by atoms with van der Waals surface area (Å²) in [5.74, 6) is -0.374. The fourth-order valence-corrected chi connectivity index (χ4v) is 2.10. The van der Waals surface area contributed by atoms with Crippen LogP contribution in [0.3, 0.4) is 0 Å². The summed E-state index contributed by atoms with van der Waals surface area (Å²) in [5.41, 5.74) is 0.236. The summed E-state index contributed by atoms with van der Waals surface area (Å²) < 4.78 is 4.96. The van der Waals surface area contributed by atoms with Crippen LogP contribution in [0.25, 0.3) is 0 Å². The van der Waals surface area contributed by atoms with Gasteiger partial charge in [-0.1, -0.05) is 29.3 Å². The van der Waals surface area contributed by atoms with Gasteiger partial charge in [-0.3, -0.25) is 4.79 Å². The molecular formula is C12H15Cl2NO3. The number of ether oxygens (including phenoxy) is 1. The third kappa shape index (κ3) is 4.14. The van der Waals surface area contributed by atoms with E-state index in [0.717, 1.165) is 0 Å². The molecule has 0 aromatic heterocycles. The van der Waals surface area contributed by atoms with E-state index < -0.39 is 0 Å². The fraction of sp³-hybridized carbons (Fsp3) is 0.417. The van der Waals surface area contributed by atoms with Gasteiger partial charge in [-0.05, 0) is 18.6 Å². The first-order chi connectivity index (χ1) is 8.60. The quantitative estimate of drug-likeness (QED) is 0.844. The van der Waals surface area contributed by atoms with Gasteiger partial charge in [0.05, 0.1) is 28.3 Å². The minimum Gasteiger partial charge on any atom is -0.396 e. The number of methoxy groups -OCH3 is 1. The van der Waals surface area contributed by atoms with E-state index in [9.17, 15) is 4.79 Å². The number of nitrogens with one attached hydrogen (secondary N) is 1. The molecular weight excluding hydrogens is 277 g/mol. The number of hydrogen-bond acceptors (Lipinski definition) is 3. The highest BCUT2D eigenvalue weighted by Crippen LogP contribution is 2.24. The minimum atomic E-state index is -0.374. The summed E-state index contributed by atoms with van der Waals surface area (Å²) in [4.78, 5) is 12.0. The summed E-state index contributed by atoms with van der Waals surface area (Å²) in [6.45, 7) is 0.277. The Hall–Kier alpha value is -0.810. The van der Waals surface area contributed by atoms with Gasteiger partial charge in [0.1, 0.15) is 0 Å². The molecule has 0 heterocycles. The predicted octanol–water partition coefficient (Wildman–Crippen LogP) is 2.12. The number of aliphatic hydroxyl groups is 1. The van der Waals surface area contributed by atoms with Gasteiger partial charge in [0.25, 0.3) is 5.91 Å². The zero-order valence-corrected chi connectivity index (χ0v) is 11.5. The number of amides is 1. The van der Waals surface area contributed by atoms with Gasteiger partial charge in [-0.2, -0.15) is 0 Å². The lowest BCUT2D eigenvalue weighted by Gasteiger charge is -2.17. The maximum atomic E-state index is 12.0. The molecule has 1 rings (SSSR count). The van der Waals surface area contributed by atoms with E-state index >= 15 is 0 Å². The van der Waals surface area contributed by atoms with Crippen molar-refractivity contribution >= 4 is 29.1 Å². The van der Waals surface area contributed by atoms with Crippen molar-refractivity contribution in [3.05, 3.63) is 33.8 Å². The molecule has 0 aliphatic rings. The molecule has 1 atom stereocenters. The number of halogens is 2. The molecule has 1 amide bonds. The van der Waals surface area contributed by atoms with Crippen LogP contribution in [0.1, 0.15) is 16.8 Å². The highest BCUT2D eigenvalue weighted by molar-refractivity contribution is 6.39. The molecule has 0 saturated heterocycles. The minimum absolute atomic E-state index is 0.0371. The Labute approximate surface area is 116 Å². The van der Waals surface area contributed by atoms with Crippen LogP contribution < -0.4 is 5.32 Å². The molecule has 0 aliphatic heterocycles. The van der Waals surface area contributed by atoms with Crippen LogP contribution in [-0.4, -0.2) is 37.4 Å². The lowest BCUT2D eigenvalue weighted by molar-refractivity contribution is 0.0879. The monoisotopic (exact) mass is 291 g/mol. The van der Waals surface area contributed by atoms with E-state index in [1.165, 1.54) is 7.11 Å². The molecule has 4 nitrogen and oxygen atoms in total. The van der Waals surface area contributed by atoms with Crippen molar-refractivity contribution < 1.29 is 14.6 Å². The van der Waals surface area contributed by atoms with Gasteiger partial charge in [-0.25, -0.2) is 0 Å². The molecule has 18 heavy (non-hydrogen) atoms. The normalized spacial score (nSPS) is 12.2. The lowest BCUT2D eigenvalue weighted by Crippen LogP contribution is -2.38. The highest BCUT2D eigenvalue weighted by atomic mass is 35.5. The number of benzene rings is 1. The average molecular weight is 292 g/mol. The van der Waals surface area contributed by atoms with E-state index in [1.54, 1.807) is 18.2 Å². The van der Waals surface area contributed by atoms with Gasteiger partial charge >= 0.3 is 0 Å². The van der Waals surface area contributed by atoms with Gasteiger partial charge in [0.15, 0.2) is 0 Å². The molecule has 1 aromatic carbocycles. The summed E-state index contributed by atoms with van der Waals surface area (Å²) >= 11 is 11.9. The second-order valence-corrected chi connectivity index (χ2v) is 4.55. The molecule has 1 aromatic rings. The number of hydrogen-bond donors (Lipinski definition) is 2. The van der Waals surface area contributed by atoms with Crippen molar-refractivity contribution in [1.82, 2.24) is 5.32 Å². The van der Waals surface area contributed by atoms with Crippen LogP contribution in [0.4, 0.5) is 0 Å². The number of carbonyl (C=O) groups is 1. The number of aliphatic hydroxyl groups excluding tert-OH is 1. The molecule has 100 valence electrons. The van der Waals surface area contributed by atoms with Gasteiger partial charge in [0, 0.05) is 13.7 Å². The number of carbonyl (C=O) groups excluding carboxylic acids is 1. The van der Waals surface area contributed by atoms with Crippen LogP contribution >= 0.6 is 23.2 Å². The standard InChI is InChI=1S/C12H15Cl2NO3/c1-18-7-8(5-6-16)15-12(17)11-9(13)3-2-4-10(11)14/h2-4,8,16H,5-7H2,1H3,(H,15,17). The Kier molecular flexibility index (Phi) is 6.43. The second kappa shape index (κ2) is 7.59. The topological polar surface area (TPSA) is 58.6 Å². The van der Waals surface area contributed by atoms with Crippen LogP contribution in [-0.2, 0) is 4.74 Å². The van der Waals surface area contributed by atoms with Crippen molar-refractivity contribution in [3.63, 3.8) is 0 Å². The van der Waals surface area contributed by atoms with Crippen molar-refractivity contribution in [2.45, 2.75) is 12.5 Å². The Balaban J connectivity index is 2.80. The largest absolute Gasteiger partial charge is 0.396 e. The Morgan fingerprint density at radius 1 is 1.44 bits per heavy atom. The Bertz CT molecular complexity index is 386. The first kappa shape index (κ1) is 15.2. The lowest BCUT2D eigenvalue weighted by atomic mass is 10.1. The maximum absolute atomic E-state index is 12.0. The Morgan fingerprint density at radius 2 is 2.06 bits per heavy atom. The molecule has 0 saturated carbocycles. The molecule has 0 spiro atoms. The maximum Gasteiger partial charge on any atom is 0.254 e. The Morgan fingerprint density at radius 3 is 2.56 bits per heavy atom. The van der Waals surface area contributed by atoms with E-state index in [-0.39, 0.29) is 24.1 Å². The summed E-state index contributed by atoms with van der Waals surface area (Å²) in [6.07, 6.45) is 0.404. The van der Waals surface area contributed by atoms with Crippen LogP contribution in [0.5, 0.6) is 0 Å². The van der Waals surface area contributed by atoms with Gasteiger partial charge < -0.3 is 15.2 Å².